The molecular formula is C34H47N3O6. The van der Waals surface area contributed by atoms with Crippen LogP contribution in [0.5, 0.6) is 5.75 Å². The van der Waals surface area contributed by atoms with E-state index in [0.29, 0.717) is 19.6 Å². The van der Waals surface area contributed by atoms with Gasteiger partial charge in [-0.3, -0.25) is 4.79 Å². The van der Waals surface area contributed by atoms with Crippen LogP contribution < -0.4 is 10.1 Å². The van der Waals surface area contributed by atoms with Crippen molar-refractivity contribution in [2.24, 2.45) is 0 Å². The quantitative estimate of drug-likeness (QED) is 0.275. The van der Waals surface area contributed by atoms with Crippen molar-refractivity contribution in [3.8, 4) is 11.8 Å². The molecule has 1 amide bonds. The van der Waals surface area contributed by atoms with Gasteiger partial charge >= 0.3 is 0 Å². The summed E-state index contributed by atoms with van der Waals surface area (Å²) in [6, 6.07) is 16.0. The van der Waals surface area contributed by atoms with Gasteiger partial charge in [0.05, 0.1) is 25.3 Å². The first-order valence-corrected chi connectivity index (χ1v) is 15.5. The van der Waals surface area contributed by atoms with E-state index in [1.54, 1.807) is 11.8 Å². The van der Waals surface area contributed by atoms with Crippen LogP contribution in [0.3, 0.4) is 0 Å². The normalized spacial score (nSPS) is 25.9. The van der Waals surface area contributed by atoms with Crippen molar-refractivity contribution in [3.63, 3.8) is 0 Å². The fraction of sp³-hybridized carbons (Fsp3) is 0.588. The summed E-state index contributed by atoms with van der Waals surface area (Å²) in [6.07, 6.45) is -0.0285. The molecule has 6 atom stereocenters. The molecule has 2 fully saturated rings. The molecule has 4 N–H and O–H groups in total. The molecule has 0 bridgehead atoms. The summed E-state index contributed by atoms with van der Waals surface area (Å²) < 4.78 is 11.9. The number of nitrogens with zero attached hydrogens (tertiary/aromatic N) is 2. The highest BCUT2D eigenvalue weighted by molar-refractivity contribution is 5.79. The smallest absolute Gasteiger partial charge is 0.237 e. The third-order valence-electron chi connectivity index (χ3n) is 8.77. The van der Waals surface area contributed by atoms with E-state index in [1.807, 2.05) is 30.3 Å². The Bertz CT molecular complexity index is 1260. The van der Waals surface area contributed by atoms with E-state index >= 15 is 0 Å². The van der Waals surface area contributed by atoms with Crippen LogP contribution >= 0.6 is 0 Å². The minimum absolute atomic E-state index is 0.0144. The Balaban J connectivity index is 1.27. The SMILES string of the molecule is CCc1ccc([C@@H]2O[C@H](C)[C@@H](O)[C@H](O)[C@H]2O)cc1Cc1ccc(OCCCC(C)(C)NCC(=O)N2CCC[C@H]2C#N)cc1. The number of benzene rings is 2. The van der Waals surface area contributed by atoms with Gasteiger partial charge in [0.2, 0.25) is 5.91 Å². The van der Waals surface area contributed by atoms with Crippen molar-refractivity contribution in [2.75, 3.05) is 19.7 Å². The number of nitriles is 1. The largest absolute Gasteiger partial charge is 0.494 e. The van der Waals surface area contributed by atoms with Gasteiger partial charge in [0.15, 0.2) is 0 Å². The first-order chi connectivity index (χ1) is 20.5. The van der Waals surface area contributed by atoms with E-state index in [2.05, 4.69) is 44.3 Å². The number of nitrogens with one attached hydrogen (secondary N) is 1. The second-order valence-electron chi connectivity index (χ2n) is 12.5. The summed E-state index contributed by atoms with van der Waals surface area (Å²) in [5, 5.41) is 43.5. The predicted octanol–water partition coefficient (Wildman–Crippen LogP) is 3.42. The highest BCUT2D eigenvalue weighted by atomic mass is 16.5. The third-order valence-corrected chi connectivity index (χ3v) is 8.77. The Morgan fingerprint density at radius 1 is 1.12 bits per heavy atom. The lowest BCUT2D eigenvalue weighted by Crippen LogP contribution is -2.53. The maximum absolute atomic E-state index is 12.5. The number of rotatable bonds is 12. The summed E-state index contributed by atoms with van der Waals surface area (Å²) >= 11 is 0. The topological polar surface area (TPSA) is 135 Å². The monoisotopic (exact) mass is 593 g/mol. The van der Waals surface area contributed by atoms with E-state index in [4.69, 9.17) is 9.47 Å². The predicted molar refractivity (Wildman–Crippen MR) is 164 cm³/mol. The molecular weight excluding hydrogens is 546 g/mol. The van der Waals surface area contributed by atoms with Gasteiger partial charge in [0, 0.05) is 12.1 Å². The van der Waals surface area contributed by atoms with Gasteiger partial charge in [-0.2, -0.15) is 5.26 Å². The summed E-state index contributed by atoms with van der Waals surface area (Å²) in [5.74, 6) is 0.783. The molecule has 2 aromatic rings. The minimum Gasteiger partial charge on any atom is -0.494 e. The van der Waals surface area contributed by atoms with Crippen LogP contribution in [0.1, 0.15) is 81.7 Å². The Morgan fingerprint density at radius 2 is 1.86 bits per heavy atom. The van der Waals surface area contributed by atoms with Gasteiger partial charge in [-0.25, -0.2) is 0 Å². The number of ether oxygens (including phenoxy) is 2. The number of carbonyl (C=O) groups is 1. The van der Waals surface area contributed by atoms with Crippen LogP contribution in [-0.4, -0.2) is 81.8 Å². The zero-order valence-corrected chi connectivity index (χ0v) is 25.8. The third kappa shape index (κ3) is 8.34. The Labute approximate surface area is 255 Å². The van der Waals surface area contributed by atoms with Gasteiger partial charge in [-0.15, -0.1) is 0 Å². The maximum Gasteiger partial charge on any atom is 0.237 e. The summed E-state index contributed by atoms with van der Waals surface area (Å²) in [5.41, 5.74) is 4.00. The number of hydrogen-bond acceptors (Lipinski definition) is 8. The van der Waals surface area contributed by atoms with Gasteiger partial charge in [0.1, 0.15) is 36.2 Å². The molecule has 43 heavy (non-hydrogen) atoms. The number of likely N-dealkylation sites (tertiary alicyclic amines) is 1. The summed E-state index contributed by atoms with van der Waals surface area (Å²) in [7, 11) is 0. The molecule has 0 aromatic heterocycles. The Kier molecular flexibility index (Phi) is 11.2. The van der Waals surface area contributed by atoms with Crippen molar-refractivity contribution in [1.29, 1.82) is 5.26 Å². The second-order valence-corrected chi connectivity index (χ2v) is 12.5. The first kappa shape index (κ1) is 32.9. The standard InChI is InChI=1S/C34H47N3O6/c1-5-24-11-12-25(33-32(41)31(40)30(39)22(2)43-33)19-26(24)18-23-9-13-28(14-10-23)42-17-7-15-34(3,4)36-21-29(38)37-16-6-8-27(37)20-35/h9-14,19,22,27,30-33,36,39-41H,5-8,15-18,21H2,1-4H3/t22-,27+,30-,31+,32-,33+/m1/s1. The number of aryl methyl sites for hydroxylation is 1. The molecule has 2 heterocycles. The number of aliphatic hydroxyl groups excluding tert-OH is 3. The minimum atomic E-state index is -1.26. The van der Waals surface area contributed by atoms with Crippen LogP contribution in [0, 0.1) is 11.3 Å². The summed E-state index contributed by atoms with van der Waals surface area (Å²) in [6.45, 7) is 9.41. The average Bonchev–Trinajstić information content (AvgIpc) is 3.49. The number of aliphatic hydroxyl groups is 3. The molecule has 4 rings (SSSR count). The molecule has 2 aliphatic rings. The number of amides is 1. The molecule has 234 valence electrons. The van der Waals surface area contributed by atoms with Crippen LogP contribution in [0.4, 0.5) is 0 Å². The van der Waals surface area contributed by atoms with Crippen molar-refractivity contribution < 1.29 is 29.6 Å². The number of hydrogen-bond donors (Lipinski definition) is 4. The lowest BCUT2D eigenvalue weighted by Gasteiger charge is -2.39. The van der Waals surface area contributed by atoms with E-state index in [0.717, 1.165) is 54.5 Å². The van der Waals surface area contributed by atoms with E-state index in [-0.39, 0.29) is 24.0 Å². The number of carbonyl (C=O) groups excluding carboxylic acids is 1. The fourth-order valence-corrected chi connectivity index (χ4v) is 5.99. The molecule has 0 spiro atoms. The van der Waals surface area contributed by atoms with Crippen molar-refractivity contribution in [2.45, 2.75) is 108 Å². The van der Waals surface area contributed by atoms with Crippen LogP contribution in [0.25, 0.3) is 0 Å². The highest BCUT2D eigenvalue weighted by Crippen LogP contribution is 2.34. The average molecular weight is 594 g/mol. The van der Waals surface area contributed by atoms with Crippen molar-refractivity contribution in [1.82, 2.24) is 10.2 Å². The molecule has 0 radical (unpaired) electrons. The molecule has 9 heteroatoms. The second kappa shape index (κ2) is 14.7. The molecule has 2 aromatic carbocycles. The van der Waals surface area contributed by atoms with E-state index in [1.165, 1.54) is 5.56 Å². The molecule has 2 aliphatic heterocycles. The highest BCUT2D eigenvalue weighted by Gasteiger charge is 2.42. The lowest BCUT2D eigenvalue weighted by molar-refractivity contribution is -0.219. The lowest BCUT2D eigenvalue weighted by atomic mass is 9.88. The summed E-state index contributed by atoms with van der Waals surface area (Å²) in [4.78, 5) is 14.2. The zero-order valence-electron chi connectivity index (χ0n) is 25.8. The fourth-order valence-electron chi connectivity index (χ4n) is 5.99. The first-order valence-electron chi connectivity index (χ1n) is 15.5. The van der Waals surface area contributed by atoms with Gasteiger partial charge in [0.25, 0.3) is 0 Å². The Morgan fingerprint density at radius 3 is 2.56 bits per heavy atom. The molecule has 0 saturated carbocycles. The van der Waals surface area contributed by atoms with Crippen LogP contribution in [-0.2, 0) is 22.4 Å². The van der Waals surface area contributed by atoms with Gasteiger partial charge < -0.3 is 35.0 Å². The Hall–Kier alpha value is -3.00. The van der Waals surface area contributed by atoms with Gasteiger partial charge in [-0.05, 0) is 93.7 Å². The zero-order chi connectivity index (χ0) is 31.1. The van der Waals surface area contributed by atoms with Crippen molar-refractivity contribution in [3.05, 3.63) is 64.7 Å². The molecule has 2 saturated heterocycles. The van der Waals surface area contributed by atoms with E-state index in [9.17, 15) is 25.4 Å². The maximum atomic E-state index is 12.5. The molecule has 0 aliphatic carbocycles. The van der Waals surface area contributed by atoms with Crippen LogP contribution in [0.15, 0.2) is 42.5 Å². The van der Waals surface area contributed by atoms with E-state index < -0.39 is 30.5 Å². The van der Waals surface area contributed by atoms with Crippen molar-refractivity contribution >= 4 is 5.91 Å². The molecule has 9 nitrogen and oxygen atoms in total. The van der Waals surface area contributed by atoms with Crippen LogP contribution in [0.2, 0.25) is 0 Å². The van der Waals surface area contributed by atoms with Gasteiger partial charge in [-0.1, -0.05) is 37.3 Å². The molecule has 0 unspecified atom stereocenters.